The van der Waals surface area contributed by atoms with E-state index in [9.17, 15) is 29.1 Å². The topological polar surface area (TPSA) is 219 Å². The smallest absolute Gasteiger partial charge is 0.478 e. The fourth-order valence-electron chi connectivity index (χ4n) is 3.89. The minimum absolute atomic E-state index is 0.244. The van der Waals surface area contributed by atoms with E-state index < -0.39 is 84.4 Å². The van der Waals surface area contributed by atoms with Gasteiger partial charge in [-0.15, -0.1) is 4.99 Å². The molecule has 3 amide bonds. The maximum absolute atomic E-state index is 12.7. The van der Waals surface area contributed by atoms with Crippen molar-refractivity contribution in [3.05, 3.63) is 11.8 Å². The number of carbonyl (C=O) groups is 5. The Balaban J connectivity index is 2.60. The second-order valence-corrected chi connectivity index (χ2v) is 11.3. The highest BCUT2D eigenvalue weighted by atomic mass is 16.8. The monoisotopic (exact) mass is 616 g/mol. The lowest BCUT2D eigenvalue weighted by molar-refractivity contribution is -0.152. The number of ether oxygens (including phenoxy) is 7. The van der Waals surface area contributed by atoms with Gasteiger partial charge in [0.1, 0.15) is 23.9 Å². The zero-order valence-corrected chi connectivity index (χ0v) is 25.4. The highest BCUT2D eigenvalue weighted by Crippen LogP contribution is 2.28. The summed E-state index contributed by atoms with van der Waals surface area (Å²) in [4.78, 5) is 65.8. The highest BCUT2D eigenvalue weighted by molar-refractivity contribution is 5.99. The summed E-state index contributed by atoms with van der Waals surface area (Å²) in [5.74, 6) is -2.30. The molecule has 242 valence electrons. The zero-order valence-electron chi connectivity index (χ0n) is 25.4. The number of carbonyl (C=O) groups excluding carboxylic acids is 5. The van der Waals surface area contributed by atoms with E-state index >= 15 is 0 Å². The quantitative estimate of drug-likeness (QED) is 0.127. The Bertz CT molecular complexity index is 1110. The molecule has 2 aliphatic rings. The Hall–Kier alpha value is -4.12. The molecular weight excluding hydrogens is 576 g/mol. The summed E-state index contributed by atoms with van der Waals surface area (Å²) in [7, 11) is 1.11. The minimum Gasteiger partial charge on any atom is -0.478 e. The molecule has 0 bridgehead atoms. The predicted octanol–water partition coefficient (Wildman–Crippen LogP) is 0.634. The normalized spacial score (nSPS) is 23.0. The summed E-state index contributed by atoms with van der Waals surface area (Å²) < 4.78 is 37.1. The van der Waals surface area contributed by atoms with Crippen LogP contribution in [-0.4, -0.2) is 110 Å². The van der Waals surface area contributed by atoms with Crippen molar-refractivity contribution in [1.29, 1.82) is 0 Å². The van der Waals surface area contributed by atoms with Gasteiger partial charge in [-0.25, -0.2) is 19.2 Å². The van der Waals surface area contributed by atoms with Crippen LogP contribution >= 0.6 is 0 Å². The summed E-state index contributed by atoms with van der Waals surface area (Å²) in [6.07, 6.45) is -5.41. The Morgan fingerprint density at radius 2 is 1.72 bits per heavy atom. The zero-order chi connectivity index (χ0) is 32.5. The van der Waals surface area contributed by atoms with Crippen LogP contribution in [0.4, 0.5) is 14.4 Å². The molecule has 1 saturated heterocycles. The number of aliphatic imine (C=N–C) groups is 1. The van der Waals surface area contributed by atoms with Crippen LogP contribution in [0, 0.1) is 0 Å². The molecule has 4 N–H and O–H groups in total. The number of hydrogen-bond acceptors (Lipinski definition) is 13. The van der Waals surface area contributed by atoms with Crippen molar-refractivity contribution < 1.29 is 62.2 Å². The first kappa shape index (κ1) is 35.1. The maximum atomic E-state index is 12.7. The van der Waals surface area contributed by atoms with Crippen LogP contribution < -0.4 is 16.0 Å². The number of aliphatic hydroxyl groups excluding tert-OH is 1. The highest BCUT2D eigenvalue weighted by Gasteiger charge is 2.49. The second-order valence-electron chi connectivity index (χ2n) is 11.3. The van der Waals surface area contributed by atoms with Crippen LogP contribution in [0.15, 0.2) is 16.8 Å². The number of nitrogens with one attached hydrogen (secondary N) is 3. The number of rotatable bonds is 8. The fourth-order valence-corrected chi connectivity index (χ4v) is 3.89. The lowest BCUT2D eigenvalue weighted by atomic mass is 9.91. The lowest BCUT2D eigenvalue weighted by Crippen LogP contribution is -2.65. The van der Waals surface area contributed by atoms with E-state index in [2.05, 4.69) is 20.9 Å². The summed E-state index contributed by atoms with van der Waals surface area (Å²) in [6.45, 7) is 9.99. The average molecular weight is 617 g/mol. The Morgan fingerprint density at radius 3 is 2.23 bits per heavy atom. The number of methoxy groups -OCH3 is 1. The van der Waals surface area contributed by atoms with Crippen LogP contribution in [0.3, 0.4) is 0 Å². The molecule has 0 saturated carbocycles. The van der Waals surface area contributed by atoms with Crippen LogP contribution in [0.25, 0.3) is 0 Å². The Labute approximate surface area is 248 Å². The number of alkyl carbamates (subject to hydrolysis) is 1. The van der Waals surface area contributed by atoms with Crippen LogP contribution in [0.2, 0.25) is 0 Å². The molecule has 5 atom stereocenters. The molecule has 0 spiro atoms. The molecule has 17 nitrogen and oxygen atoms in total. The molecule has 0 aromatic carbocycles. The fraction of sp³-hybridized carbons (Fsp3) is 0.692. The summed E-state index contributed by atoms with van der Waals surface area (Å²) in [5.41, 5.74) is -1.85. The summed E-state index contributed by atoms with van der Waals surface area (Å²) >= 11 is 0. The number of nitrogens with zero attached hydrogens (tertiary/aromatic N) is 1. The van der Waals surface area contributed by atoms with Crippen molar-refractivity contribution >= 4 is 36.2 Å². The van der Waals surface area contributed by atoms with Crippen LogP contribution in [0.5, 0.6) is 0 Å². The van der Waals surface area contributed by atoms with Crippen molar-refractivity contribution in [2.24, 2.45) is 4.99 Å². The third-order valence-corrected chi connectivity index (χ3v) is 5.32. The standard InChI is InChI=1S/C26H40N4O13/c1-13(32)27-17-14(28-21(29-22(34)42-25(2,3)4)30-23(35)43-26(5,6)7)11-15(20(33)37-8)40-19(17)18(38-10-9-31)16-12-39-24(36)41-16/h11,14,16-19,31H,9-10,12H2,1-8H3,(H,27,32)(H2,28,29,30,34,35)/t14-,16+,17+,18+,19+/m0/s1. The van der Waals surface area contributed by atoms with E-state index in [1.165, 1.54) is 13.0 Å². The Kier molecular flexibility index (Phi) is 12.1. The number of hydrogen-bond donors (Lipinski definition) is 4. The van der Waals surface area contributed by atoms with Gasteiger partial charge in [-0.1, -0.05) is 0 Å². The molecule has 0 aliphatic carbocycles. The molecule has 1 fully saturated rings. The Morgan fingerprint density at radius 1 is 1.07 bits per heavy atom. The van der Waals surface area contributed by atoms with Crippen molar-refractivity contribution in [2.75, 3.05) is 26.9 Å². The van der Waals surface area contributed by atoms with Crippen molar-refractivity contribution in [3.8, 4) is 0 Å². The van der Waals surface area contributed by atoms with Crippen molar-refractivity contribution in [1.82, 2.24) is 16.0 Å². The van der Waals surface area contributed by atoms with E-state index in [0.717, 1.165) is 7.11 Å². The molecule has 0 aromatic heterocycles. The molecule has 2 heterocycles. The molecule has 2 aliphatic heterocycles. The number of amides is 3. The van der Waals surface area contributed by atoms with E-state index in [0.29, 0.717) is 0 Å². The van der Waals surface area contributed by atoms with Gasteiger partial charge in [-0.05, 0) is 47.6 Å². The molecule has 0 aromatic rings. The van der Waals surface area contributed by atoms with E-state index in [-0.39, 0.29) is 19.0 Å². The number of guanidine groups is 1. The van der Waals surface area contributed by atoms with Gasteiger partial charge < -0.3 is 48.9 Å². The van der Waals surface area contributed by atoms with E-state index in [4.69, 9.17) is 33.2 Å². The maximum Gasteiger partial charge on any atom is 0.508 e. The summed E-state index contributed by atoms with van der Waals surface area (Å²) in [5, 5.41) is 17.2. The van der Waals surface area contributed by atoms with Gasteiger partial charge in [-0.2, -0.15) is 0 Å². The van der Waals surface area contributed by atoms with Crippen molar-refractivity contribution in [3.63, 3.8) is 0 Å². The first-order chi connectivity index (χ1) is 19.9. The molecular formula is C26H40N4O13. The second kappa shape index (κ2) is 14.9. The first-order valence-corrected chi connectivity index (χ1v) is 13.3. The molecule has 0 radical (unpaired) electrons. The molecule has 17 heteroatoms. The van der Waals surface area contributed by atoms with Crippen molar-refractivity contribution in [2.45, 2.75) is 90.1 Å². The summed E-state index contributed by atoms with van der Waals surface area (Å²) in [6, 6.07) is -2.30. The largest absolute Gasteiger partial charge is 0.508 e. The minimum atomic E-state index is -1.30. The van der Waals surface area contributed by atoms with E-state index in [1.807, 2.05) is 0 Å². The predicted molar refractivity (Wildman–Crippen MR) is 146 cm³/mol. The van der Waals surface area contributed by atoms with Crippen LogP contribution in [0.1, 0.15) is 48.5 Å². The molecule has 43 heavy (non-hydrogen) atoms. The van der Waals surface area contributed by atoms with E-state index in [1.54, 1.807) is 41.5 Å². The first-order valence-electron chi connectivity index (χ1n) is 13.3. The average Bonchev–Trinajstić information content (AvgIpc) is 3.28. The van der Waals surface area contributed by atoms with Gasteiger partial charge in [0.2, 0.25) is 17.6 Å². The van der Waals surface area contributed by atoms with Gasteiger partial charge in [-0.3, -0.25) is 10.1 Å². The third-order valence-electron chi connectivity index (χ3n) is 5.32. The number of esters is 1. The molecule has 0 unspecified atom stereocenters. The van der Waals surface area contributed by atoms with Gasteiger partial charge >= 0.3 is 24.3 Å². The van der Waals surface area contributed by atoms with Crippen LogP contribution in [-0.2, 0) is 42.7 Å². The number of aliphatic hydroxyl groups is 1. The van der Waals surface area contributed by atoms with Gasteiger partial charge in [0, 0.05) is 6.92 Å². The number of cyclic esters (lactones) is 2. The third kappa shape index (κ3) is 11.6. The van der Waals surface area contributed by atoms with Gasteiger partial charge in [0.25, 0.3) is 0 Å². The lowest BCUT2D eigenvalue weighted by Gasteiger charge is -2.41. The van der Waals surface area contributed by atoms with Gasteiger partial charge in [0.15, 0.2) is 12.2 Å². The SMILES string of the molecule is COC(=O)C1=C[C@H](N/C(=N/C(=O)OC(C)(C)C)NC(=O)OC(C)(C)C)[C@@H](NC(C)=O)[C@H]([C@H](OCCO)[C@H]2COC(=O)O2)O1. The van der Waals surface area contributed by atoms with Gasteiger partial charge in [0.05, 0.1) is 32.4 Å². The molecule has 2 rings (SSSR count).